The first-order chi connectivity index (χ1) is 15.5. The Bertz CT molecular complexity index is 1180. The number of nitrogen functional groups attached to an aromatic ring is 1. The van der Waals surface area contributed by atoms with Gasteiger partial charge in [-0.05, 0) is 55.0 Å². The van der Waals surface area contributed by atoms with Crippen molar-refractivity contribution in [3.8, 4) is 21.9 Å². The molecular formula is C21H18F3N3O5S. The number of nitrogens with two attached hydrogens (primary N) is 1. The van der Waals surface area contributed by atoms with Crippen LogP contribution in [0, 0.1) is 0 Å². The number of carbonyl (C=O) groups is 2. The van der Waals surface area contributed by atoms with E-state index in [0.29, 0.717) is 16.0 Å². The minimum atomic E-state index is -4.80. The maximum absolute atomic E-state index is 12.4. The molecule has 0 fully saturated rings. The number of amides is 1. The molecule has 1 unspecified atom stereocenters. The summed E-state index contributed by atoms with van der Waals surface area (Å²) in [6, 6.07) is 8.22. The van der Waals surface area contributed by atoms with E-state index in [1.807, 2.05) is 0 Å². The lowest BCUT2D eigenvalue weighted by atomic mass is 10.1. The van der Waals surface area contributed by atoms with Crippen molar-refractivity contribution in [3.63, 3.8) is 0 Å². The molecule has 0 bridgehead atoms. The number of hydrazine groups is 1. The summed E-state index contributed by atoms with van der Waals surface area (Å²) in [6.07, 6.45) is -4.80. The summed E-state index contributed by atoms with van der Waals surface area (Å²) in [6.45, 7) is 1.67. The minimum absolute atomic E-state index is 0.0135. The lowest BCUT2D eigenvalue weighted by molar-refractivity contribution is -0.274. The molecule has 0 spiro atoms. The average Bonchev–Trinajstić information content (AvgIpc) is 3.12. The predicted molar refractivity (Wildman–Crippen MR) is 115 cm³/mol. The number of ether oxygens (including phenoxy) is 1. The number of carboxylic acids is 1. The number of aromatic carboxylic acids is 1. The average molecular weight is 481 g/mol. The zero-order valence-electron chi connectivity index (χ0n) is 16.9. The fourth-order valence-corrected chi connectivity index (χ4v) is 3.97. The van der Waals surface area contributed by atoms with Gasteiger partial charge in [0.05, 0.1) is 22.0 Å². The first-order valence-electron chi connectivity index (χ1n) is 9.31. The van der Waals surface area contributed by atoms with E-state index >= 15 is 0 Å². The van der Waals surface area contributed by atoms with Crippen LogP contribution in [0.1, 0.15) is 39.2 Å². The molecule has 33 heavy (non-hydrogen) atoms. The van der Waals surface area contributed by atoms with Crippen molar-refractivity contribution in [2.75, 3.05) is 5.73 Å². The number of thiophene rings is 1. The Kier molecular flexibility index (Phi) is 6.79. The summed E-state index contributed by atoms with van der Waals surface area (Å²) in [5.41, 5.74) is 11.9. The molecule has 8 nitrogen and oxygen atoms in total. The quantitative estimate of drug-likeness (QED) is 0.251. The van der Waals surface area contributed by atoms with Crippen LogP contribution in [0.15, 0.2) is 47.8 Å². The third-order valence-corrected chi connectivity index (χ3v) is 5.59. The molecule has 174 valence electrons. The van der Waals surface area contributed by atoms with Crippen LogP contribution in [0.4, 0.5) is 18.9 Å². The molecule has 1 aromatic heterocycles. The van der Waals surface area contributed by atoms with Gasteiger partial charge in [-0.1, -0.05) is 0 Å². The molecule has 0 aliphatic heterocycles. The van der Waals surface area contributed by atoms with Crippen LogP contribution in [-0.2, 0) is 0 Å². The van der Waals surface area contributed by atoms with Crippen molar-refractivity contribution in [2.24, 2.45) is 0 Å². The van der Waals surface area contributed by atoms with Crippen LogP contribution in [0.3, 0.4) is 0 Å². The van der Waals surface area contributed by atoms with E-state index in [0.717, 1.165) is 12.1 Å². The number of halogens is 3. The van der Waals surface area contributed by atoms with Gasteiger partial charge in [0, 0.05) is 16.6 Å². The Balaban J connectivity index is 1.68. The number of hydrogen-bond acceptors (Lipinski definition) is 7. The zero-order chi connectivity index (χ0) is 24.3. The van der Waals surface area contributed by atoms with E-state index < -0.39 is 24.3 Å². The Hall–Kier alpha value is -3.77. The largest absolute Gasteiger partial charge is 0.573 e. The highest BCUT2D eigenvalue weighted by atomic mass is 32.1. The Labute approximate surface area is 189 Å². The van der Waals surface area contributed by atoms with Gasteiger partial charge in [0.15, 0.2) is 0 Å². The Morgan fingerprint density at radius 1 is 1.15 bits per heavy atom. The summed E-state index contributed by atoms with van der Waals surface area (Å²) in [7, 11) is 0. The van der Waals surface area contributed by atoms with E-state index in [1.165, 1.54) is 41.7 Å². The van der Waals surface area contributed by atoms with Gasteiger partial charge >= 0.3 is 12.3 Å². The van der Waals surface area contributed by atoms with Crippen LogP contribution < -0.4 is 21.3 Å². The normalized spacial score (nSPS) is 12.2. The molecule has 3 aromatic rings. The van der Waals surface area contributed by atoms with E-state index in [9.17, 15) is 27.9 Å². The molecule has 0 saturated carbocycles. The van der Waals surface area contributed by atoms with E-state index in [1.54, 1.807) is 12.3 Å². The van der Waals surface area contributed by atoms with Crippen molar-refractivity contribution in [2.45, 2.75) is 19.3 Å². The van der Waals surface area contributed by atoms with E-state index in [4.69, 9.17) is 10.8 Å². The first kappa shape index (κ1) is 23.9. The molecule has 1 amide bonds. The SMILES string of the molecule is CC(NNC(=O)c1ccc(C(=O)O)cc1N)c1csc(-c2ccc(OC(F)(F)F)cc2)c1O. The molecule has 6 N–H and O–H groups in total. The van der Waals surface area contributed by atoms with Crippen molar-refractivity contribution in [3.05, 3.63) is 64.5 Å². The number of rotatable bonds is 7. The fraction of sp³-hybridized carbons (Fsp3) is 0.143. The van der Waals surface area contributed by atoms with E-state index in [2.05, 4.69) is 15.6 Å². The van der Waals surface area contributed by atoms with Gasteiger partial charge in [-0.15, -0.1) is 24.5 Å². The number of benzene rings is 2. The standard InChI is InChI=1S/C21H18F3N3O5S/c1-10(26-27-19(29)14-7-4-12(20(30)31)8-16(14)25)15-9-33-18(17(15)28)11-2-5-13(6-3-11)32-21(22,23)24/h2-10,26,28H,25H2,1H3,(H,27,29)(H,30,31). The second kappa shape index (κ2) is 9.38. The number of anilines is 1. The summed E-state index contributed by atoms with van der Waals surface area (Å²) >= 11 is 1.17. The van der Waals surface area contributed by atoms with Crippen molar-refractivity contribution < 1.29 is 37.7 Å². The lowest BCUT2D eigenvalue weighted by Gasteiger charge is -2.15. The van der Waals surface area contributed by atoms with Crippen LogP contribution in [0.5, 0.6) is 11.5 Å². The maximum Gasteiger partial charge on any atom is 0.573 e. The molecule has 3 rings (SSSR count). The van der Waals surface area contributed by atoms with Gasteiger partial charge in [0.1, 0.15) is 11.5 Å². The van der Waals surface area contributed by atoms with Gasteiger partial charge in [0.2, 0.25) is 0 Å². The fourth-order valence-electron chi connectivity index (χ4n) is 2.91. The summed E-state index contributed by atoms with van der Waals surface area (Å²) in [5, 5.41) is 21.2. The number of carboxylic acid groups (broad SMARTS) is 1. The number of carbonyl (C=O) groups excluding carboxylic acids is 1. The molecule has 0 aliphatic rings. The molecular weight excluding hydrogens is 463 g/mol. The van der Waals surface area contributed by atoms with Crippen LogP contribution in [-0.4, -0.2) is 28.5 Å². The molecule has 0 aliphatic carbocycles. The Morgan fingerprint density at radius 3 is 2.39 bits per heavy atom. The summed E-state index contributed by atoms with van der Waals surface area (Å²) < 4.78 is 40.7. The zero-order valence-corrected chi connectivity index (χ0v) is 17.8. The number of nitrogens with one attached hydrogen (secondary N) is 2. The molecule has 0 radical (unpaired) electrons. The highest BCUT2D eigenvalue weighted by molar-refractivity contribution is 7.14. The number of hydrogen-bond donors (Lipinski definition) is 5. The maximum atomic E-state index is 12.4. The number of aromatic hydroxyl groups is 1. The highest BCUT2D eigenvalue weighted by Gasteiger charge is 2.31. The third-order valence-electron chi connectivity index (χ3n) is 4.55. The highest BCUT2D eigenvalue weighted by Crippen LogP contribution is 2.41. The third kappa shape index (κ3) is 5.73. The van der Waals surface area contributed by atoms with Gasteiger partial charge in [0.25, 0.3) is 5.91 Å². The second-order valence-corrected chi connectivity index (χ2v) is 7.75. The van der Waals surface area contributed by atoms with Crippen molar-refractivity contribution >= 4 is 28.9 Å². The lowest BCUT2D eigenvalue weighted by Crippen LogP contribution is -2.39. The molecule has 0 saturated heterocycles. The monoisotopic (exact) mass is 481 g/mol. The van der Waals surface area contributed by atoms with Crippen molar-refractivity contribution in [1.29, 1.82) is 0 Å². The molecule has 1 heterocycles. The van der Waals surface area contributed by atoms with Gasteiger partial charge in [-0.2, -0.15) is 0 Å². The van der Waals surface area contributed by atoms with Crippen molar-refractivity contribution in [1.82, 2.24) is 10.9 Å². The molecule has 12 heteroatoms. The van der Waals surface area contributed by atoms with Gasteiger partial charge in [-0.3, -0.25) is 10.2 Å². The van der Waals surface area contributed by atoms with Gasteiger partial charge in [-0.25, -0.2) is 10.2 Å². The molecule has 1 atom stereocenters. The topological polar surface area (TPSA) is 134 Å². The minimum Gasteiger partial charge on any atom is -0.506 e. The molecule has 2 aromatic carbocycles. The Morgan fingerprint density at radius 2 is 1.82 bits per heavy atom. The smallest absolute Gasteiger partial charge is 0.506 e. The van der Waals surface area contributed by atoms with Crippen LogP contribution in [0.2, 0.25) is 0 Å². The predicted octanol–water partition coefficient (Wildman–Crippen LogP) is 4.30. The summed E-state index contributed by atoms with van der Waals surface area (Å²) in [4.78, 5) is 23.8. The van der Waals surface area contributed by atoms with Gasteiger partial charge < -0.3 is 20.7 Å². The number of alkyl halides is 3. The van der Waals surface area contributed by atoms with Crippen LogP contribution in [0.25, 0.3) is 10.4 Å². The first-order valence-corrected chi connectivity index (χ1v) is 10.2. The second-order valence-electron chi connectivity index (χ2n) is 6.87. The van der Waals surface area contributed by atoms with E-state index in [-0.39, 0.29) is 28.3 Å². The van der Waals surface area contributed by atoms with Crippen LogP contribution >= 0.6 is 11.3 Å². The summed E-state index contributed by atoms with van der Waals surface area (Å²) in [5.74, 6) is -2.25.